The summed E-state index contributed by atoms with van der Waals surface area (Å²) in [5.74, 6) is 0.331. The Balaban J connectivity index is 1.52. The number of hydrogen-bond acceptors (Lipinski definition) is 9. The van der Waals surface area contributed by atoms with Crippen LogP contribution in [0.5, 0.6) is 0 Å². The third kappa shape index (κ3) is 4.72. The number of aromatic nitrogens is 5. The molecule has 0 aliphatic carbocycles. The van der Waals surface area contributed by atoms with Gasteiger partial charge in [0.05, 0.1) is 11.9 Å². The molecule has 0 amide bonds. The molecule has 0 saturated carbocycles. The van der Waals surface area contributed by atoms with Crippen molar-refractivity contribution in [3.8, 4) is 11.3 Å². The zero-order valence-corrected chi connectivity index (χ0v) is 23.8. The lowest BCUT2D eigenvalue weighted by Gasteiger charge is -2.25. The minimum absolute atomic E-state index is 0.331. The zero-order valence-electron chi connectivity index (χ0n) is 23.8. The van der Waals surface area contributed by atoms with E-state index < -0.39 is 0 Å². The predicted molar refractivity (Wildman–Crippen MR) is 166 cm³/mol. The summed E-state index contributed by atoms with van der Waals surface area (Å²) in [5, 5.41) is 8.60. The Kier molecular flexibility index (Phi) is 6.87. The van der Waals surface area contributed by atoms with Crippen LogP contribution in [0.1, 0.15) is 27.0 Å². The molecule has 0 unspecified atom stereocenters. The van der Waals surface area contributed by atoms with Gasteiger partial charge in [-0.15, -0.1) is 0 Å². The number of anilines is 3. The van der Waals surface area contributed by atoms with E-state index in [0.717, 1.165) is 39.9 Å². The van der Waals surface area contributed by atoms with Gasteiger partial charge in [-0.3, -0.25) is 4.79 Å². The number of aldehydes is 1. The predicted octanol–water partition coefficient (Wildman–Crippen LogP) is 5.87. The van der Waals surface area contributed by atoms with Crippen LogP contribution in [0.15, 0.2) is 77.1 Å². The van der Waals surface area contributed by atoms with Gasteiger partial charge in [0.2, 0.25) is 0 Å². The topological polar surface area (TPSA) is 128 Å². The SMILES string of the molecule is CNc1nc2cc(-c3nn(C/C(=C/c4cccc(C)c4C=O)N(C)c4ccccc4C)c4ncnc(N)c34)ccc2o1. The van der Waals surface area contributed by atoms with E-state index in [9.17, 15) is 4.79 Å². The monoisotopic (exact) mass is 558 g/mol. The number of para-hydroxylation sites is 1. The van der Waals surface area contributed by atoms with Gasteiger partial charge in [0, 0.05) is 36.6 Å². The lowest BCUT2D eigenvalue weighted by molar-refractivity contribution is 0.112. The minimum atomic E-state index is 0.331. The standard InChI is InChI=1S/C32H30N8O2/c1-19-9-7-10-21(24(19)17-41)14-23(39(4)26-11-6-5-8-20(26)2)16-40-31-28(30(33)35-18-36-31)29(38-40)22-12-13-27-25(15-22)37-32(34-3)42-27/h5-15,17-18H,16H2,1-4H3,(H,34,37)(H2,33,35,36)/b23-14-. The average Bonchev–Trinajstić information content (AvgIpc) is 3.58. The van der Waals surface area contributed by atoms with Crippen LogP contribution in [0.4, 0.5) is 17.5 Å². The number of rotatable bonds is 8. The second kappa shape index (κ2) is 10.8. The summed E-state index contributed by atoms with van der Waals surface area (Å²) in [6.45, 7) is 4.35. The van der Waals surface area contributed by atoms with E-state index in [-0.39, 0.29) is 0 Å². The van der Waals surface area contributed by atoms with Crippen molar-refractivity contribution in [3.05, 3.63) is 94.9 Å². The number of nitrogen functional groups attached to an aromatic ring is 1. The van der Waals surface area contributed by atoms with Crippen molar-refractivity contribution in [1.29, 1.82) is 0 Å². The smallest absolute Gasteiger partial charge is 0.295 e. The summed E-state index contributed by atoms with van der Waals surface area (Å²) in [5.41, 5.74) is 15.2. The number of nitrogens with zero attached hydrogens (tertiary/aromatic N) is 6. The lowest BCUT2D eigenvalue weighted by atomic mass is 10.0. The Morgan fingerprint density at radius 3 is 2.67 bits per heavy atom. The molecule has 0 aliphatic heterocycles. The maximum atomic E-state index is 12.1. The van der Waals surface area contributed by atoms with Crippen LogP contribution in [0.3, 0.4) is 0 Å². The van der Waals surface area contributed by atoms with Crippen molar-refractivity contribution >= 4 is 52.0 Å². The Morgan fingerprint density at radius 2 is 1.88 bits per heavy atom. The van der Waals surface area contributed by atoms with Crippen molar-refractivity contribution in [3.63, 3.8) is 0 Å². The molecule has 0 saturated heterocycles. The summed E-state index contributed by atoms with van der Waals surface area (Å²) in [7, 11) is 3.77. The van der Waals surface area contributed by atoms with Gasteiger partial charge in [-0.05, 0) is 60.9 Å². The van der Waals surface area contributed by atoms with Crippen LogP contribution in [-0.2, 0) is 6.54 Å². The van der Waals surface area contributed by atoms with E-state index in [1.807, 2.05) is 73.3 Å². The van der Waals surface area contributed by atoms with Gasteiger partial charge in [0.15, 0.2) is 17.5 Å². The number of aryl methyl sites for hydroxylation is 2. The Morgan fingerprint density at radius 1 is 1.07 bits per heavy atom. The van der Waals surface area contributed by atoms with Crippen LogP contribution in [0.25, 0.3) is 39.5 Å². The number of fused-ring (bicyclic) bond motifs is 2. The van der Waals surface area contributed by atoms with Crippen molar-refractivity contribution in [2.75, 3.05) is 30.0 Å². The van der Waals surface area contributed by atoms with Crippen LogP contribution >= 0.6 is 0 Å². The van der Waals surface area contributed by atoms with E-state index >= 15 is 0 Å². The summed E-state index contributed by atoms with van der Waals surface area (Å²) >= 11 is 0. The van der Waals surface area contributed by atoms with Crippen LogP contribution in [0, 0.1) is 13.8 Å². The van der Waals surface area contributed by atoms with E-state index in [0.29, 0.717) is 51.8 Å². The highest BCUT2D eigenvalue weighted by molar-refractivity contribution is 5.99. The number of allylic oxidation sites excluding steroid dienone is 1. The van der Waals surface area contributed by atoms with E-state index in [1.165, 1.54) is 6.33 Å². The maximum absolute atomic E-state index is 12.1. The lowest BCUT2D eigenvalue weighted by Crippen LogP contribution is -2.22. The molecule has 0 atom stereocenters. The second-order valence-electron chi connectivity index (χ2n) is 10.1. The highest BCUT2D eigenvalue weighted by atomic mass is 16.4. The minimum Gasteiger partial charge on any atom is -0.424 e. The molecule has 0 bridgehead atoms. The molecule has 3 aromatic carbocycles. The fourth-order valence-electron chi connectivity index (χ4n) is 5.19. The number of carbonyl (C=O) groups is 1. The van der Waals surface area contributed by atoms with Crippen molar-refractivity contribution in [2.24, 2.45) is 0 Å². The van der Waals surface area contributed by atoms with Crippen LogP contribution in [-0.4, -0.2) is 45.1 Å². The summed E-state index contributed by atoms with van der Waals surface area (Å²) in [4.78, 5) is 27.5. The van der Waals surface area contributed by atoms with Crippen molar-refractivity contribution in [2.45, 2.75) is 20.4 Å². The molecule has 0 aliphatic rings. The first-order valence-electron chi connectivity index (χ1n) is 13.5. The molecule has 210 valence electrons. The number of carbonyl (C=O) groups excluding carboxylic acids is 1. The molecular weight excluding hydrogens is 528 g/mol. The first-order valence-corrected chi connectivity index (χ1v) is 13.5. The molecule has 6 aromatic rings. The summed E-state index contributed by atoms with van der Waals surface area (Å²) < 4.78 is 7.53. The van der Waals surface area contributed by atoms with Gasteiger partial charge in [-0.2, -0.15) is 10.1 Å². The highest BCUT2D eigenvalue weighted by Crippen LogP contribution is 2.34. The maximum Gasteiger partial charge on any atom is 0.295 e. The first kappa shape index (κ1) is 26.7. The van der Waals surface area contributed by atoms with Crippen LogP contribution < -0.4 is 16.0 Å². The third-order valence-corrected chi connectivity index (χ3v) is 7.45. The van der Waals surface area contributed by atoms with Crippen molar-refractivity contribution in [1.82, 2.24) is 24.7 Å². The third-order valence-electron chi connectivity index (χ3n) is 7.45. The van der Waals surface area contributed by atoms with Crippen LogP contribution in [0.2, 0.25) is 0 Å². The van der Waals surface area contributed by atoms with Gasteiger partial charge in [0.1, 0.15) is 23.4 Å². The average molecular weight is 559 g/mol. The molecule has 6 rings (SSSR count). The molecule has 3 N–H and O–H groups in total. The number of benzene rings is 3. The highest BCUT2D eigenvalue weighted by Gasteiger charge is 2.21. The molecule has 0 spiro atoms. The van der Waals surface area contributed by atoms with E-state index in [1.54, 1.807) is 7.05 Å². The number of hydrogen-bond donors (Lipinski definition) is 2. The Labute approximate surface area is 242 Å². The number of nitrogens with one attached hydrogen (secondary N) is 1. The molecule has 0 fully saturated rings. The molecule has 3 heterocycles. The summed E-state index contributed by atoms with van der Waals surface area (Å²) in [6, 6.07) is 20.1. The van der Waals surface area contributed by atoms with Gasteiger partial charge in [-0.25, -0.2) is 14.6 Å². The molecule has 10 nitrogen and oxygen atoms in total. The molecule has 10 heteroatoms. The van der Waals surface area contributed by atoms with Gasteiger partial charge in [-0.1, -0.05) is 36.4 Å². The molecule has 3 aromatic heterocycles. The fourth-order valence-corrected chi connectivity index (χ4v) is 5.19. The first-order chi connectivity index (χ1) is 20.4. The quantitative estimate of drug-likeness (QED) is 0.221. The zero-order chi connectivity index (χ0) is 29.4. The number of oxazole rings is 1. The van der Waals surface area contributed by atoms with Gasteiger partial charge in [0.25, 0.3) is 6.01 Å². The number of nitrogens with two attached hydrogens (primary N) is 1. The number of likely N-dealkylation sites (N-methyl/N-ethyl adjacent to an activating group) is 1. The molecule has 0 radical (unpaired) electrons. The normalized spacial score (nSPS) is 11.8. The largest absolute Gasteiger partial charge is 0.424 e. The van der Waals surface area contributed by atoms with E-state index in [4.69, 9.17) is 15.2 Å². The Bertz CT molecular complexity index is 1990. The second-order valence-corrected chi connectivity index (χ2v) is 10.1. The summed E-state index contributed by atoms with van der Waals surface area (Å²) in [6.07, 6.45) is 4.38. The Hall–Kier alpha value is -5.51. The van der Waals surface area contributed by atoms with E-state index in [2.05, 4.69) is 44.2 Å². The van der Waals surface area contributed by atoms with Gasteiger partial charge < -0.3 is 20.4 Å². The van der Waals surface area contributed by atoms with Gasteiger partial charge >= 0.3 is 0 Å². The molecule has 42 heavy (non-hydrogen) atoms. The fraction of sp³-hybridized carbons (Fsp3) is 0.156. The van der Waals surface area contributed by atoms with Crippen molar-refractivity contribution < 1.29 is 9.21 Å². The molecular formula is C32H30N8O2.